The molecule has 2 aliphatic rings. The van der Waals surface area contributed by atoms with Crippen LogP contribution in [0, 0.1) is 0 Å². The summed E-state index contributed by atoms with van der Waals surface area (Å²) in [5, 5.41) is 6.44. The quantitative estimate of drug-likeness (QED) is 0.715. The highest BCUT2D eigenvalue weighted by atomic mass is 16.5. The number of ether oxygens (including phenoxy) is 1. The van der Waals surface area contributed by atoms with Gasteiger partial charge in [0, 0.05) is 13.1 Å². The molecule has 1 amide bonds. The normalized spacial score (nSPS) is 17.9. The smallest absolute Gasteiger partial charge is 0.337 e. The first-order valence-electron chi connectivity index (χ1n) is 10.7. The zero-order valence-electron chi connectivity index (χ0n) is 17.4. The van der Waals surface area contributed by atoms with Gasteiger partial charge < -0.3 is 20.3 Å². The van der Waals surface area contributed by atoms with Crippen LogP contribution in [0.2, 0.25) is 0 Å². The fourth-order valence-corrected chi connectivity index (χ4v) is 4.48. The lowest BCUT2D eigenvalue weighted by Gasteiger charge is -2.27. The van der Waals surface area contributed by atoms with Crippen molar-refractivity contribution >= 4 is 23.3 Å². The molecule has 6 heteroatoms. The second-order valence-corrected chi connectivity index (χ2v) is 7.98. The van der Waals surface area contributed by atoms with E-state index in [1.807, 2.05) is 12.1 Å². The lowest BCUT2D eigenvalue weighted by atomic mass is 9.88. The van der Waals surface area contributed by atoms with Gasteiger partial charge in [-0.05, 0) is 61.4 Å². The number of aryl methyl sites for hydroxylation is 1. The van der Waals surface area contributed by atoms with Gasteiger partial charge in [0.05, 0.1) is 36.6 Å². The molecular weight excluding hydrogens is 378 g/mol. The number of fused-ring (bicyclic) bond motifs is 1. The molecule has 1 atom stereocenters. The third-order valence-corrected chi connectivity index (χ3v) is 6.01. The van der Waals surface area contributed by atoms with Crippen molar-refractivity contribution in [3.8, 4) is 0 Å². The molecule has 0 saturated carbocycles. The summed E-state index contributed by atoms with van der Waals surface area (Å²) < 4.78 is 4.86. The number of hydrogen-bond donors (Lipinski definition) is 2. The summed E-state index contributed by atoms with van der Waals surface area (Å²) in [6.45, 7) is 2.12. The van der Waals surface area contributed by atoms with Crippen molar-refractivity contribution in [2.75, 3.05) is 37.0 Å². The Balaban J connectivity index is 1.46. The highest BCUT2D eigenvalue weighted by Crippen LogP contribution is 2.31. The number of carbonyl (C=O) groups excluding carboxylic acids is 2. The van der Waals surface area contributed by atoms with Gasteiger partial charge in [0.25, 0.3) is 0 Å². The first kappa shape index (κ1) is 20.3. The molecule has 0 radical (unpaired) electrons. The Morgan fingerprint density at radius 1 is 1.10 bits per heavy atom. The Kier molecular flexibility index (Phi) is 6.21. The zero-order chi connectivity index (χ0) is 20.9. The first-order valence-corrected chi connectivity index (χ1v) is 10.7. The predicted molar refractivity (Wildman–Crippen MR) is 118 cm³/mol. The summed E-state index contributed by atoms with van der Waals surface area (Å²) in [7, 11) is 1.37. The van der Waals surface area contributed by atoms with Crippen molar-refractivity contribution in [3.05, 3.63) is 59.2 Å². The van der Waals surface area contributed by atoms with E-state index in [0.717, 1.165) is 56.6 Å². The average molecular weight is 408 g/mol. The largest absolute Gasteiger partial charge is 0.465 e. The molecule has 2 N–H and O–H groups in total. The molecule has 6 nitrogen and oxygen atoms in total. The number of amides is 1. The number of methoxy groups -OCH3 is 1. The summed E-state index contributed by atoms with van der Waals surface area (Å²) >= 11 is 0. The van der Waals surface area contributed by atoms with Crippen molar-refractivity contribution in [2.24, 2.45) is 0 Å². The molecule has 4 rings (SSSR count). The number of rotatable bonds is 6. The van der Waals surface area contributed by atoms with Gasteiger partial charge in [-0.2, -0.15) is 0 Å². The number of anilines is 2. The molecule has 0 aromatic heterocycles. The highest BCUT2D eigenvalue weighted by molar-refractivity contribution is 5.93. The maximum Gasteiger partial charge on any atom is 0.337 e. The van der Waals surface area contributed by atoms with Gasteiger partial charge in [-0.3, -0.25) is 4.79 Å². The third kappa shape index (κ3) is 4.42. The van der Waals surface area contributed by atoms with Crippen LogP contribution < -0.4 is 15.5 Å². The Labute approximate surface area is 177 Å². The highest BCUT2D eigenvalue weighted by Gasteiger charge is 2.22. The second-order valence-electron chi connectivity index (χ2n) is 7.98. The SMILES string of the molecule is COC(=O)c1ccc(N2CCCC2)c(NCC(=O)N[C@@H]2CCCc3ccccc32)c1. The van der Waals surface area contributed by atoms with Crippen LogP contribution in [0.25, 0.3) is 0 Å². The van der Waals surface area contributed by atoms with E-state index in [1.54, 1.807) is 12.1 Å². The van der Waals surface area contributed by atoms with Crippen LogP contribution in [0.4, 0.5) is 11.4 Å². The number of benzene rings is 2. The minimum Gasteiger partial charge on any atom is -0.465 e. The van der Waals surface area contributed by atoms with Crippen LogP contribution in [-0.2, 0) is 16.0 Å². The molecule has 1 aliphatic carbocycles. The molecule has 0 unspecified atom stereocenters. The van der Waals surface area contributed by atoms with Gasteiger partial charge >= 0.3 is 5.97 Å². The molecule has 30 heavy (non-hydrogen) atoms. The van der Waals surface area contributed by atoms with Crippen LogP contribution in [-0.4, -0.2) is 38.6 Å². The molecule has 1 fully saturated rings. The van der Waals surface area contributed by atoms with E-state index >= 15 is 0 Å². The fraction of sp³-hybridized carbons (Fsp3) is 0.417. The van der Waals surface area contributed by atoms with Crippen LogP contribution in [0.15, 0.2) is 42.5 Å². The number of hydrogen-bond acceptors (Lipinski definition) is 5. The van der Waals surface area contributed by atoms with Crippen molar-refractivity contribution in [3.63, 3.8) is 0 Å². The van der Waals surface area contributed by atoms with Crippen molar-refractivity contribution < 1.29 is 14.3 Å². The van der Waals surface area contributed by atoms with E-state index in [1.165, 1.54) is 18.2 Å². The maximum atomic E-state index is 12.7. The molecule has 158 valence electrons. The second kappa shape index (κ2) is 9.20. The molecule has 0 spiro atoms. The molecule has 1 aliphatic heterocycles. The standard InChI is InChI=1S/C24H29N3O3/c1-30-24(29)18-11-12-22(27-13-4-5-14-27)21(15-18)25-16-23(28)26-20-10-6-8-17-7-2-3-9-19(17)20/h2-3,7,9,11-12,15,20,25H,4-6,8,10,13-14,16H2,1H3,(H,26,28)/t20-/m1/s1. The lowest BCUT2D eigenvalue weighted by Crippen LogP contribution is -2.35. The van der Waals surface area contributed by atoms with E-state index < -0.39 is 0 Å². The molecule has 1 heterocycles. The molecule has 0 bridgehead atoms. The van der Waals surface area contributed by atoms with Gasteiger partial charge in [-0.1, -0.05) is 24.3 Å². The molecule has 2 aromatic carbocycles. The van der Waals surface area contributed by atoms with Crippen LogP contribution in [0.1, 0.15) is 53.2 Å². The lowest BCUT2D eigenvalue weighted by molar-refractivity contribution is -0.120. The average Bonchev–Trinajstić information content (AvgIpc) is 3.32. The summed E-state index contributed by atoms with van der Waals surface area (Å²) in [5.41, 5.74) is 4.84. The van der Waals surface area contributed by atoms with E-state index in [2.05, 4.69) is 33.7 Å². The Hall–Kier alpha value is -3.02. The van der Waals surface area contributed by atoms with Crippen molar-refractivity contribution in [2.45, 2.75) is 38.1 Å². The van der Waals surface area contributed by atoms with Gasteiger partial charge in [-0.15, -0.1) is 0 Å². The monoisotopic (exact) mass is 407 g/mol. The van der Waals surface area contributed by atoms with Gasteiger partial charge in [0.15, 0.2) is 0 Å². The maximum absolute atomic E-state index is 12.7. The van der Waals surface area contributed by atoms with E-state index in [4.69, 9.17) is 4.74 Å². The summed E-state index contributed by atoms with van der Waals surface area (Å²) in [5.74, 6) is -0.429. The van der Waals surface area contributed by atoms with Crippen LogP contribution in [0.5, 0.6) is 0 Å². The minimum absolute atomic E-state index is 0.0486. The Bertz CT molecular complexity index is 922. The van der Waals surface area contributed by atoms with Crippen LogP contribution >= 0.6 is 0 Å². The molecule has 2 aromatic rings. The van der Waals surface area contributed by atoms with E-state index in [9.17, 15) is 9.59 Å². The summed E-state index contributed by atoms with van der Waals surface area (Å²) in [6, 6.07) is 13.9. The molecule has 1 saturated heterocycles. The fourth-order valence-electron chi connectivity index (χ4n) is 4.48. The van der Waals surface area contributed by atoms with Crippen LogP contribution in [0.3, 0.4) is 0 Å². The number of carbonyl (C=O) groups is 2. The Morgan fingerprint density at radius 2 is 1.90 bits per heavy atom. The van der Waals surface area contributed by atoms with Gasteiger partial charge in [0.1, 0.15) is 0 Å². The first-order chi connectivity index (χ1) is 14.7. The number of nitrogens with one attached hydrogen (secondary N) is 2. The zero-order valence-corrected chi connectivity index (χ0v) is 17.4. The van der Waals surface area contributed by atoms with E-state index in [-0.39, 0.29) is 24.5 Å². The Morgan fingerprint density at radius 3 is 2.70 bits per heavy atom. The van der Waals surface area contributed by atoms with E-state index in [0.29, 0.717) is 5.56 Å². The summed E-state index contributed by atoms with van der Waals surface area (Å²) in [4.78, 5) is 27.0. The third-order valence-electron chi connectivity index (χ3n) is 6.01. The number of esters is 1. The number of nitrogens with zero attached hydrogens (tertiary/aromatic N) is 1. The predicted octanol–water partition coefficient (Wildman–Crippen LogP) is 3.68. The summed E-state index contributed by atoms with van der Waals surface area (Å²) in [6.07, 6.45) is 5.41. The minimum atomic E-state index is -0.380. The van der Waals surface area contributed by atoms with Gasteiger partial charge in [-0.25, -0.2) is 4.79 Å². The topological polar surface area (TPSA) is 70.7 Å². The van der Waals surface area contributed by atoms with Gasteiger partial charge in [0.2, 0.25) is 5.91 Å². The van der Waals surface area contributed by atoms with Crippen molar-refractivity contribution in [1.29, 1.82) is 0 Å². The molecular formula is C24H29N3O3. The van der Waals surface area contributed by atoms with Crippen molar-refractivity contribution in [1.82, 2.24) is 5.32 Å².